The predicted molar refractivity (Wildman–Crippen MR) is 105 cm³/mol. The van der Waals surface area contributed by atoms with Gasteiger partial charge in [0, 0.05) is 43.7 Å². The summed E-state index contributed by atoms with van der Waals surface area (Å²) in [6, 6.07) is 4.94. The van der Waals surface area contributed by atoms with Gasteiger partial charge in [0.2, 0.25) is 15.9 Å². The summed E-state index contributed by atoms with van der Waals surface area (Å²) in [6.45, 7) is 6.40. The van der Waals surface area contributed by atoms with Crippen LogP contribution in [0.4, 0.5) is 5.69 Å². The van der Waals surface area contributed by atoms with Crippen LogP contribution in [-0.2, 0) is 26.8 Å². The molecule has 0 bridgehead atoms. The maximum absolute atomic E-state index is 12.8. The fourth-order valence-electron chi connectivity index (χ4n) is 3.16. The number of tetrazole rings is 1. The van der Waals surface area contributed by atoms with Crippen LogP contribution in [-0.4, -0.2) is 74.8 Å². The van der Waals surface area contributed by atoms with Gasteiger partial charge in [-0.15, -0.1) is 5.10 Å². The molecule has 30 heavy (non-hydrogen) atoms. The van der Waals surface area contributed by atoms with Crippen molar-refractivity contribution in [3.63, 3.8) is 0 Å². The number of nitrogens with zero attached hydrogens (tertiary/aromatic N) is 7. The number of piperazine rings is 1. The number of nitro groups is 1. The number of sulfonamides is 1. The van der Waals surface area contributed by atoms with Crippen molar-refractivity contribution < 1.29 is 18.1 Å². The van der Waals surface area contributed by atoms with Gasteiger partial charge in [-0.05, 0) is 16.5 Å². The Balaban J connectivity index is 1.66. The number of rotatable bonds is 5. The Labute approximate surface area is 173 Å². The molecule has 3 rings (SSSR count). The average molecular weight is 437 g/mol. The molecule has 0 N–H and O–H groups in total. The molecule has 1 aliphatic heterocycles. The molecule has 1 amide bonds. The van der Waals surface area contributed by atoms with Crippen molar-refractivity contribution >= 4 is 21.6 Å². The quantitative estimate of drug-likeness (QED) is 0.483. The predicted octanol–water partition coefficient (Wildman–Crippen LogP) is 0.412. The zero-order chi connectivity index (χ0) is 22.1. The number of hydrogen-bond donors (Lipinski definition) is 0. The van der Waals surface area contributed by atoms with E-state index < -0.39 is 14.9 Å². The summed E-state index contributed by atoms with van der Waals surface area (Å²) in [6.07, 6.45) is 0. The van der Waals surface area contributed by atoms with Crippen LogP contribution >= 0.6 is 0 Å². The highest BCUT2D eigenvalue weighted by Gasteiger charge is 2.32. The summed E-state index contributed by atoms with van der Waals surface area (Å²) >= 11 is 0. The van der Waals surface area contributed by atoms with Crippen molar-refractivity contribution in [2.24, 2.45) is 0 Å². The fourth-order valence-corrected chi connectivity index (χ4v) is 4.62. The maximum Gasteiger partial charge on any atom is 0.270 e. The van der Waals surface area contributed by atoms with Gasteiger partial charge in [-0.3, -0.25) is 14.9 Å². The van der Waals surface area contributed by atoms with E-state index in [4.69, 9.17) is 0 Å². The summed E-state index contributed by atoms with van der Waals surface area (Å²) in [4.78, 5) is 24.4. The van der Waals surface area contributed by atoms with Gasteiger partial charge in [-0.1, -0.05) is 26.8 Å². The Hall–Kier alpha value is -2.93. The second-order valence-corrected chi connectivity index (χ2v) is 9.89. The number of non-ortho nitro benzene ring substituents is 1. The summed E-state index contributed by atoms with van der Waals surface area (Å²) in [5.74, 6) is 0.378. The Kier molecular flexibility index (Phi) is 5.85. The van der Waals surface area contributed by atoms with Crippen molar-refractivity contribution in [2.75, 3.05) is 26.2 Å². The zero-order valence-corrected chi connectivity index (χ0v) is 17.7. The lowest BCUT2D eigenvalue weighted by molar-refractivity contribution is -0.385. The van der Waals surface area contributed by atoms with Crippen molar-refractivity contribution in [1.82, 2.24) is 29.4 Å². The molecule has 2 aromatic rings. The second kappa shape index (κ2) is 8.07. The Bertz CT molecular complexity index is 1050. The largest absolute Gasteiger partial charge is 0.338 e. The third-order valence-corrected chi connectivity index (χ3v) is 6.64. The van der Waals surface area contributed by atoms with E-state index in [2.05, 4.69) is 15.5 Å². The minimum atomic E-state index is -3.89. The Morgan fingerprint density at radius 1 is 1.20 bits per heavy atom. The molecular weight excluding hydrogens is 414 g/mol. The average Bonchev–Trinajstić information content (AvgIpc) is 3.17. The molecule has 0 atom stereocenters. The van der Waals surface area contributed by atoms with Crippen molar-refractivity contribution in [3.8, 4) is 0 Å². The van der Waals surface area contributed by atoms with Crippen LogP contribution in [0.1, 0.15) is 26.6 Å². The molecular formula is C17H23N7O5S. The first-order valence-electron chi connectivity index (χ1n) is 9.29. The van der Waals surface area contributed by atoms with E-state index in [9.17, 15) is 23.3 Å². The molecule has 162 valence electrons. The minimum Gasteiger partial charge on any atom is -0.338 e. The molecule has 0 aliphatic carbocycles. The van der Waals surface area contributed by atoms with E-state index in [-0.39, 0.29) is 54.6 Å². The molecule has 1 saturated heterocycles. The van der Waals surface area contributed by atoms with E-state index >= 15 is 0 Å². The summed E-state index contributed by atoms with van der Waals surface area (Å²) < 4.78 is 28.3. The number of hydrogen-bond acceptors (Lipinski definition) is 8. The van der Waals surface area contributed by atoms with Crippen molar-refractivity contribution in [1.29, 1.82) is 0 Å². The summed E-state index contributed by atoms with van der Waals surface area (Å²) in [5, 5.41) is 22.4. The van der Waals surface area contributed by atoms with Crippen LogP contribution in [0.25, 0.3) is 0 Å². The highest BCUT2D eigenvalue weighted by molar-refractivity contribution is 7.89. The van der Waals surface area contributed by atoms with Gasteiger partial charge in [0.25, 0.3) is 5.69 Å². The SMILES string of the molecule is CC(C)(C)c1nnnn1CC(=O)N1CCN(S(=O)(=O)c2cccc([N+](=O)[O-])c2)CC1. The third kappa shape index (κ3) is 4.46. The summed E-state index contributed by atoms with van der Waals surface area (Å²) in [5.41, 5.74) is -0.615. The molecule has 2 heterocycles. The molecule has 1 fully saturated rings. The fraction of sp³-hybridized carbons (Fsp3) is 0.529. The molecule has 1 aromatic heterocycles. The molecule has 0 saturated carbocycles. The van der Waals surface area contributed by atoms with Gasteiger partial charge < -0.3 is 4.90 Å². The molecule has 0 radical (unpaired) electrons. The lowest BCUT2D eigenvalue weighted by Crippen LogP contribution is -2.51. The van der Waals surface area contributed by atoms with E-state index in [1.54, 1.807) is 4.90 Å². The van der Waals surface area contributed by atoms with E-state index in [1.807, 2.05) is 20.8 Å². The summed E-state index contributed by atoms with van der Waals surface area (Å²) in [7, 11) is -3.89. The second-order valence-electron chi connectivity index (χ2n) is 7.95. The molecule has 0 spiro atoms. The van der Waals surface area contributed by atoms with Crippen LogP contribution in [0.5, 0.6) is 0 Å². The third-order valence-electron chi connectivity index (χ3n) is 4.75. The number of nitro benzene ring substituents is 1. The number of benzene rings is 1. The Morgan fingerprint density at radius 3 is 2.47 bits per heavy atom. The van der Waals surface area contributed by atoms with Gasteiger partial charge in [0.15, 0.2) is 5.82 Å². The Morgan fingerprint density at radius 2 is 1.87 bits per heavy atom. The van der Waals surface area contributed by atoms with Crippen LogP contribution in [0.15, 0.2) is 29.2 Å². The van der Waals surface area contributed by atoms with Gasteiger partial charge in [-0.25, -0.2) is 13.1 Å². The first-order valence-corrected chi connectivity index (χ1v) is 10.7. The van der Waals surface area contributed by atoms with E-state index in [0.29, 0.717) is 5.82 Å². The lowest BCUT2D eigenvalue weighted by atomic mass is 9.96. The van der Waals surface area contributed by atoms with Crippen LogP contribution < -0.4 is 0 Å². The molecule has 1 aliphatic rings. The van der Waals surface area contributed by atoms with E-state index in [1.165, 1.54) is 27.2 Å². The first kappa shape index (κ1) is 21.8. The van der Waals surface area contributed by atoms with Gasteiger partial charge >= 0.3 is 0 Å². The smallest absolute Gasteiger partial charge is 0.270 e. The molecule has 13 heteroatoms. The first-order chi connectivity index (χ1) is 14.0. The number of carbonyl (C=O) groups is 1. The highest BCUT2D eigenvalue weighted by Crippen LogP contribution is 2.22. The number of carbonyl (C=O) groups excluding carboxylic acids is 1. The zero-order valence-electron chi connectivity index (χ0n) is 16.9. The van der Waals surface area contributed by atoms with Crippen molar-refractivity contribution in [3.05, 3.63) is 40.2 Å². The number of aromatic nitrogens is 4. The molecule has 1 aromatic carbocycles. The molecule has 12 nitrogen and oxygen atoms in total. The van der Waals surface area contributed by atoms with Crippen molar-refractivity contribution in [2.45, 2.75) is 37.6 Å². The topological polar surface area (TPSA) is 144 Å². The van der Waals surface area contributed by atoms with Crippen LogP contribution in [0.3, 0.4) is 0 Å². The highest BCUT2D eigenvalue weighted by atomic mass is 32.2. The standard InChI is InChI=1S/C17H23N7O5S/c1-17(2,3)16-18-19-20-23(16)12-15(25)21-7-9-22(10-8-21)30(28,29)14-6-4-5-13(11-14)24(26)27/h4-6,11H,7-10,12H2,1-3H3. The lowest BCUT2D eigenvalue weighted by Gasteiger charge is -2.34. The maximum atomic E-state index is 12.8. The monoisotopic (exact) mass is 437 g/mol. The van der Waals surface area contributed by atoms with Gasteiger partial charge in [-0.2, -0.15) is 4.31 Å². The van der Waals surface area contributed by atoms with Crippen LogP contribution in [0, 0.1) is 10.1 Å². The van der Waals surface area contributed by atoms with E-state index in [0.717, 1.165) is 6.07 Å². The van der Waals surface area contributed by atoms with Crippen LogP contribution in [0.2, 0.25) is 0 Å². The minimum absolute atomic E-state index is 0.0305. The normalized spacial score (nSPS) is 15.9. The van der Waals surface area contributed by atoms with Gasteiger partial charge in [0.05, 0.1) is 9.82 Å². The molecule has 0 unspecified atom stereocenters. The number of amides is 1. The van der Waals surface area contributed by atoms with Gasteiger partial charge in [0.1, 0.15) is 6.54 Å².